The normalized spacial score (nSPS) is 15.5. The summed E-state index contributed by atoms with van der Waals surface area (Å²) < 4.78 is 1.89. The first kappa shape index (κ1) is 18.5. The third-order valence-corrected chi connectivity index (χ3v) is 4.99. The van der Waals surface area contributed by atoms with Crippen LogP contribution in [-0.4, -0.2) is 20.9 Å². The van der Waals surface area contributed by atoms with E-state index in [1.54, 1.807) is 0 Å². The van der Waals surface area contributed by atoms with Crippen LogP contribution in [0.1, 0.15) is 55.1 Å². The lowest BCUT2D eigenvalue weighted by Crippen LogP contribution is -2.13. The number of rotatable bonds is 5. The average molecular weight is 371 g/mol. The molecule has 0 bridgehead atoms. The van der Waals surface area contributed by atoms with Crippen LogP contribution in [0.25, 0.3) is 0 Å². The lowest BCUT2D eigenvalue weighted by molar-refractivity contribution is -0.136. The van der Waals surface area contributed by atoms with E-state index in [0.29, 0.717) is 17.4 Å². The number of hydrogen-bond acceptors (Lipinski definition) is 2. The summed E-state index contributed by atoms with van der Waals surface area (Å²) >= 11 is 6.19. The largest absolute Gasteiger partial charge is 0.481 e. The van der Waals surface area contributed by atoms with E-state index >= 15 is 0 Å². The Balaban J connectivity index is 1.93. The van der Waals surface area contributed by atoms with Gasteiger partial charge in [0, 0.05) is 23.1 Å². The first-order chi connectivity index (χ1) is 12.5. The number of aromatic nitrogens is 2. The number of hydrogen-bond donors (Lipinski definition) is 1. The summed E-state index contributed by atoms with van der Waals surface area (Å²) in [5, 5.41) is 14.2. The van der Waals surface area contributed by atoms with Crippen LogP contribution in [0, 0.1) is 24.7 Å². The molecule has 1 fully saturated rings. The van der Waals surface area contributed by atoms with Gasteiger partial charge in [0.2, 0.25) is 0 Å². The molecule has 5 heteroatoms. The van der Waals surface area contributed by atoms with Crippen LogP contribution < -0.4 is 0 Å². The van der Waals surface area contributed by atoms with Gasteiger partial charge in [0.25, 0.3) is 0 Å². The molecule has 136 valence electrons. The predicted octanol–water partition coefficient (Wildman–Crippen LogP) is 4.65. The van der Waals surface area contributed by atoms with Crippen LogP contribution in [0.3, 0.4) is 0 Å². The van der Waals surface area contributed by atoms with Crippen LogP contribution in [0.5, 0.6) is 0 Å². The highest BCUT2D eigenvalue weighted by Crippen LogP contribution is 2.26. The van der Waals surface area contributed by atoms with Gasteiger partial charge >= 0.3 is 5.97 Å². The predicted molar refractivity (Wildman–Crippen MR) is 102 cm³/mol. The second-order valence-corrected chi connectivity index (χ2v) is 7.28. The molecule has 0 amide bonds. The van der Waals surface area contributed by atoms with Crippen molar-refractivity contribution in [3.8, 4) is 11.8 Å². The SMILES string of the molecule is Cc1cc(CCC(=O)O)nn1C(C#CC1CCCC1)c1cccc(Cl)c1. The van der Waals surface area contributed by atoms with E-state index in [1.165, 1.54) is 12.8 Å². The second-order valence-electron chi connectivity index (χ2n) is 6.84. The van der Waals surface area contributed by atoms with Crippen molar-refractivity contribution in [2.75, 3.05) is 0 Å². The van der Waals surface area contributed by atoms with E-state index in [2.05, 4.69) is 16.9 Å². The lowest BCUT2D eigenvalue weighted by Gasteiger charge is -2.15. The van der Waals surface area contributed by atoms with Gasteiger partial charge in [-0.3, -0.25) is 4.79 Å². The molecular weight excluding hydrogens is 348 g/mol. The minimum absolute atomic E-state index is 0.0754. The van der Waals surface area contributed by atoms with Gasteiger partial charge in [-0.1, -0.05) is 48.4 Å². The molecular formula is C21H23ClN2O2. The number of aryl methyl sites for hydroxylation is 2. The maximum absolute atomic E-state index is 10.8. The van der Waals surface area contributed by atoms with Gasteiger partial charge in [0.05, 0.1) is 12.1 Å². The molecule has 1 aliphatic carbocycles. The van der Waals surface area contributed by atoms with E-state index in [9.17, 15) is 4.79 Å². The third-order valence-electron chi connectivity index (χ3n) is 4.76. The fourth-order valence-corrected chi connectivity index (χ4v) is 3.60. The third kappa shape index (κ3) is 4.68. The van der Waals surface area contributed by atoms with E-state index in [-0.39, 0.29) is 12.5 Å². The van der Waals surface area contributed by atoms with Crippen LogP contribution in [0.2, 0.25) is 5.02 Å². The van der Waals surface area contributed by atoms with Gasteiger partial charge in [0.1, 0.15) is 6.04 Å². The molecule has 26 heavy (non-hydrogen) atoms. The molecule has 0 spiro atoms. The summed E-state index contributed by atoms with van der Waals surface area (Å²) in [4.78, 5) is 10.8. The number of carboxylic acid groups (broad SMARTS) is 1. The second kappa shape index (κ2) is 8.42. The highest BCUT2D eigenvalue weighted by atomic mass is 35.5. The number of benzene rings is 1. The summed E-state index contributed by atoms with van der Waals surface area (Å²) in [5.74, 6) is 6.50. The highest BCUT2D eigenvalue weighted by molar-refractivity contribution is 6.30. The molecule has 0 radical (unpaired) electrons. The molecule has 3 rings (SSSR count). The summed E-state index contributed by atoms with van der Waals surface area (Å²) in [5.41, 5.74) is 2.75. The zero-order valence-corrected chi connectivity index (χ0v) is 15.7. The minimum Gasteiger partial charge on any atom is -0.481 e. The van der Waals surface area contributed by atoms with E-state index < -0.39 is 5.97 Å². The van der Waals surface area contributed by atoms with E-state index in [1.807, 2.05) is 41.9 Å². The molecule has 1 aromatic heterocycles. The van der Waals surface area contributed by atoms with Crippen molar-refractivity contribution in [3.05, 3.63) is 52.3 Å². The molecule has 1 aliphatic rings. The molecule has 2 aromatic rings. The molecule has 1 N–H and O–H groups in total. The molecule has 0 aliphatic heterocycles. The van der Waals surface area contributed by atoms with Gasteiger partial charge in [-0.15, -0.1) is 0 Å². The van der Waals surface area contributed by atoms with Gasteiger partial charge in [-0.2, -0.15) is 5.10 Å². The van der Waals surface area contributed by atoms with Gasteiger partial charge < -0.3 is 5.11 Å². The molecule has 1 aromatic carbocycles. The summed E-state index contributed by atoms with van der Waals surface area (Å²) in [7, 11) is 0. The van der Waals surface area contributed by atoms with Crippen LogP contribution >= 0.6 is 11.6 Å². The maximum Gasteiger partial charge on any atom is 0.303 e. The Bertz CT molecular complexity index is 841. The Kier molecular flexibility index (Phi) is 6.00. The number of aliphatic carboxylic acids is 1. The monoisotopic (exact) mass is 370 g/mol. The Morgan fingerprint density at radius 1 is 1.38 bits per heavy atom. The smallest absolute Gasteiger partial charge is 0.303 e. The van der Waals surface area contributed by atoms with Crippen molar-refractivity contribution < 1.29 is 9.90 Å². The fourth-order valence-electron chi connectivity index (χ4n) is 3.40. The van der Waals surface area contributed by atoms with Crippen molar-refractivity contribution in [3.63, 3.8) is 0 Å². The van der Waals surface area contributed by atoms with Crippen LogP contribution in [-0.2, 0) is 11.2 Å². The highest BCUT2D eigenvalue weighted by Gasteiger charge is 2.18. The van der Waals surface area contributed by atoms with Crippen molar-refractivity contribution in [1.82, 2.24) is 9.78 Å². The molecule has 4 nitrogen and oxygen atoms in total. The number of carbonyl (C=O) groups is 1. The van der Waals surface area contributed by atoms with Gasteiger partial charge in [0.15, 0.2) is 0 Å². The average Bonchev–Trinajstić information content (AvgIpc) is 3.24. The summed E-state index contributed by atoms with van der Waals surface area (Å²) in [6.07, 6.45) is 5.32. The van der Waals surface area contributed by atoms with Crippen LogP contribution in [0.4, 0.5) is 0 Å². The van der Waals surface area contributed by atoms with Crippen molar-refractivity contribution in [1.29, 1.82) is 0 Å². The molecule has 0 saturated heterocycles. The van der Waals surface area contributed by atoms with Crippen molar-refractivity contribution >= 4 is 17.6 Å². The molecule has 1 heterocycles. The Hall–Kier alpha value is -2.25. The number of nitrogens with zero attached hydrogens (tertiary/aromatic N) is 2. The Labute approximate surface area is 159 Å². The Morgan fingerprint density at radius 2 is 2.15 bits per heavy atom. The van der Waals surface area contributed by atoms with Crippen LogP contribution in [0.15, 0.2) is 30.3 Å². The van der Waals surface area contributed by atoms with E-state index in [4.69, 9.17) is 16.7 Å². The molecule has 1 unspecified atom stereocenters. The quantitative estimate of drug-likeness (QED) is 0.779. The van der Waals surface area contributed by atoms with E-state index in [0.717, 1.165) is 29.8 Å². The first-order valence-electron chi connectivity index (χ1n) is 9.06. The zero-order chi connectivity index (χ0) is 18.5. The summed E-state index contributed by atoms with van der Waals surface area (Å²) in [6, 6.07) is 9.43. The van der Waals surface area contributed by atoms with Crippen molar-refractivity contribution in [2.24, 2.45) is 5.92 Å². The maximum atomic E-state index is 10.8. The lowest BCUT2D eigenvalue weighted by atomic mass is 10.0. The van der Waals surface area contributed by atoms with Gasteiger partial charge in [-0.05, 0) is 43.5 Å². The molecule has 1 atom stereocenters. The fraction of sp³-hybridized carbons (Fsp3) is 0.429. The van der Waals surface area contributed by atoms with Gasteiger partial charge in [-0.25, -0.2) is 4.68 Å². The zero-order valence-electron chi connectivity index (χ0n) is 14.9. The first-order valence-corrected chi connectivity index (χ1v) is 9.44. The minimum atomic E-state index is -0.815. The Morgan fingerprint density at radius 3 is 2.85 bits per heavy atom. The number of halogens is 1. The standard InChI is InChI=1S/C21H23ClN2O2/c1-15-13-19(10-12-21(25)26)23-24(15)20(11-9-16-5-2-3-6-16)17-7-4-8-18(22)14-17/h4,7-8,13-14,16,20H,2-3,5-6,10,12H2,1H3,(H,25,26). The number of carboxylic acids is 1. The summed E-state index contributed by atoms with van der Waals surface area (Å²) in [6.45, 7) is 1.98. The molecule has 1 saturated carbocycles. The van der Waals surface area contributed by atoms with Crippen molar-refractivity contribution in [2.45, 2.75) is 51.5 Å². The topological polar surface area (TPSA) is 55.1 Å².